The van der Waals surface area contributed by atoms with Gasteiger partial charge in [-0.1, -0.05) is 24.0 Å². The standard InChI is InChI=1S/C25H28N4O4/c1-25(23(31)26-2,24(32)28-33)29(3)22(30)20-12-10-18(11-13-20)5-4-17-6-8-19(9-7-17)16-27-21-14-15-21/h6-13,21,27,33H,14-16H2,1-3H3,(H,26,31)(H,28,32)/t25-/m0/s1. The first kappa shape index (κ1) is 24.0. The Morgan fingerprint density at radius 1 is 1.00 bits per heavy atom. The van der Waals surface area contributed by atoms with Gasteiger partial charge in [-0.15, -0.1) is 0 Å². The van der Waals surface area contributed by atoms with E-state index in [0.717, 1.165) is 22.6 Å². The number of hydrogen-bond donors (Lipinski definition) is 4. The highest BCUT2D eigenvalue weighted by Gasteiger charge is 2.47. The molecule has 1 saturated carbocycles. The van der Waals surface area contributed by atoms with Crippen LogP contribution >= 0.6 is 0 Å². The van der Waals surface area contributed by atoms with Crippen LogP contribution in [0, 0.1) is 11.8 Å². The number of likely N-dealkylation sites (N-methyl/N-ethyl adjacent to an activating group) is 2. The van der Waals surface area contributed by atoms with Gasteiger partial charge >= 0.3 is 0 Å². The average Bonchev–Trinajstić information content (AvgIpc) is 3.69. The largest absolute Gasteiger partial charge is 0.357 e. The van der Waals surface area contributed by atoms with Crippen LogP contribution in [-0.2, 0) is 16.1 Å². The molecule has 0 heterocycles. The molecule has 1 aliphatic carbocycles. The zero-order chi connectivity index (χ0) is 24.0. The first-order chi connectivity index (χ1) is 15.8. The molecule has 0 aromatic heterocycles. The molecule has 8 heteroatoms. The van der Waals surface area contributed by atoms with Crippen LogP contribution in [0.15, 0.2) is 48.5 Å². The third kappa shape index (κ3) is 5.58. The molecule has 0 unspecified atom stereocenters. The first-order valence-corrected chi connectivity index (χ1v) is 10.7. The van der Waals surface area contributed by atoms with E-state index >= 15 is 0 Å². The molecule has 3 rings (SSSR count). The number of hydrogen-bond acceptors (Lipinski definition) is 5. The van der Waals surface area contributed by atoms with Gasteiger partial charge in [-0.3, -0.25) is 19.6 Å². The summed E-state index contributed by atoms with van der Waals surface area (Å²) in [4.78, 5) is 38.3. The van der Waals surface area contributed by atoms with E-state index in [2.05, 4.69) is 34.6 Å². The van der Waals surface area contributed by atoms with E-state index in [9.17, 15) is 14.4 Å². The molecule has 0 bridgehead atoms. The summed E-state index contributed by atoms with van der Waals surface area (Å²) < 4.78 is 0. The number of nitrogens with one attached hydrogen (secondary N) is 3. The van der Waals surface area contributed by atoms with Crippen molar-refractivity contribution in [3.05, 3.63) is 70.8 Å². The Hall–Kier alpha value is -3.67. The zero-order valence-electron chi connectivity index (χ0n) is 18.9. The van der Waals surface area contributed by atoms with Crippen LogP contribution in [0.3, 0.4) is 0 Å². The van der Waals surface area contributed by atoms with Crippen LogP contribution in [0.5, 0.6) is 0 Å². The molecular formula is C25H28N4O4. The molecule has 3 amide bonds. The molecule has 1 fully saturated rings. The number of amides is 3. The number of rotatable bonds is 7. The van der Waals surface area contributed by atoms with Crippen LogP contribution < -0.4 is 16.1 Å². The van der Waals surface area contributed by atoms with E-state index in [-0.39, 0.29) is 5.56 Å². The quantitative estimate of drug-likeness (QED) is 0.222. The highest BCUT2D eigenvalue weighted by molar-refractivity contribution is 6.12. The minimum atomic E-state index is -1.93. The van der Waals surface area contributed by atoms with Gasteiger partial charge in [0, 0.05) is 43.4 Å². The van der Waals surface area contributed by atoms with Crippen molar-refractivity contribution in [1.29, 1.82) is 0 Å². The Balaban J connectivity index is 1.68. The topological polar surface area (TPSA) is 111 Å². The van der Waals surface area contributed by atoms with Crippen molar-refractivity contribution in [2.45, 2.75) is 37.9 Å². The van der Waals surface area contributed by atoms with Gasteiger partial charge in [0.2, 0.25) is 0 Å². The van der Waals surface area contributed by atoms with Crippen molar-refractivity contribution in [1.82, 2.24) is 21.0 Å². The Morgan fingerprint density at radius 3 is 2.03 bits per heavy atom. The highest BCUT2D eigenvalue weighted by Crippen LogP contribution is 2.20. The lowest BCUT2D eigenvalue weighted by molar-refractivity contribution is -0.148. The Morgan fingerprint density at radius 2 is 1.55 bits per heavy atom. The van der Waals surface area contributed by atoms with Gasteiger partial charge < -0.3 is 15.5 Å². The molecule has 0 radical (unpaired) electrons. The minimum absolute atomic E-state index is 0.274. The van der Waals surface area contributed by atoms with Gasteiger partial charge in [0.15, 0.2) is 5.54 Å². The summed E-state index contributed by atoms with van der Waals surface area (Å²) in [6.45, 7) is 2.11. The fraction of sp³-hybridized carbons (Fsp3) is 0.320. The molecule has 0 aliphatic heterocycles. The van der Waals surface area contributed by atoms with Crippen LogP contribution in [0.2, 0.25) is 0 Å². The summed E-state index contributed by atoms with van der Waals surface area (Å²) in [7, 11) is 2.67. The molecule has 2 aromatic rings. The lowest BCUT2D eigenvalue weighted by atomic mass is 9.96. The Bertz CT molecular complexity index is 1060. The van der Waals surface area contributed by atoms with Crippen molar-refractivity contribution in [2.75, 3.05) is 14.1 Å². The Labute approximate surface area is 193 Å². The summed E-state index contributed by atoms with van der Waals surface area (Å²) in [6.07, 6.45) is 2.52. The van der Waals surface area contributed by atoms with Gasteiger partial charge in [0.05, 0.1) is 0 Å². The number of hydroxylamine groups is 1. The summed E-state index contributed by atoms with van der Waals surface area (Å²) in [5.74, 6) is 3.87. The van der Waals surface area contributed by atoms with Crippen molar-refractivity contribution in [3.8, 4) is 11.8 Å². The second-order valence-electron chi connectivity index (χ2n) is 8.14. The monoisotopic (exact) mass is 448 g/mol. The first-order valence-electron chi connectivity index (χ1n) is 10.7. The minimum Gasteiger partial charge on any atom is -0.357 e. The number of carbonyl (C=O) groups is 3. The summed E-state index contributed by atoms with van der Waals surface area (Å²) >= 11 is 0. The van der Waals surface area contributed by atoms with Gasteiger partial charge in [-0.25, -0.2) is 5.48 Å². The molecule has 0 spiro atoms. The lowest BCUT2D eigenvalue weighted by Crippen LogP contribution is -2.64. The molecule has 2 aromatic carbocycles. The van der Waals surface area contributed by atoms with Gasteiger partial charge in [-0.2, -0.15) is 0 Å². The van der Waals surface area contributed by atoms with Crippen molar-refractivity contribution < 1.29 is 19.6 Å². The number of carbonyl (C=O) groups excluding carboxylic acids is 3. The van der Waals surface area contributed by atoms with Gasteiger partial charge in [-0.05, 0) is 61.7 Å². The van der Waals surface area contributed by atoms with Gasteiger partial charge in [0.1, 0.15) is 0 Å². The van der Waals surface area contributed by atoms with Gasteiger partial charge in [0.25, 0.3) is 17.7 Å². The fourth-order valence-electron chi connectivity index (χ4n) is 3.25. The normalized spacial score (nSPS) is 14.3. The summed E-state index contributed by atoms with van der Waals surface area (Å²) in [5, 5.41) is 14.9. The maximum atomic E-state index is 12.9. The average molecular weight is 449 g/mol. The summed E-state index contributed by atoms with van der Waals surface area (Å²) in [6, 6.07) is 15.3. The second kappa shape index (κ2) is 10.3. The highest BCUT2D eigenvalue weighted by atomic mass is 16.5. The van der Waals surface area contributed by atoms with Crippen LogP contribution in [-0.4, -0.2) is 53.5 Å². The van der Waals surface area contributed by atoms with E-state index in [0.29, 0.717) is 6.04 Å². The number of nitrogens with zero attached hydrogens (tertiary/aromatic N) is 1. The van der Waals surface area contributed by atoms with Crippen molar-refractivity contribution >= 4 is 17.7 Å². The summed E-state index contributed by atoms with van der Waals surface area (Å²) in [5.41, 5.74) is 2.62. The molecule has 1 atom stereocenters. The van der Waals surface area contributed by atoms with Crippen LogP contribution in [0.1, 0.15) is 46.8 Å². The van der Waals surface area contributed by atoms with E-state index in [1.807, 2.05) is 12.1 Å². The maximum Gasteiger partial charge on any atom is 0.278 e. The fourth-order valence-corrected chi connectivity index (χ4v) is 3.25. The van der Waals surface area contributed by atoms with E-state index in [4.69, 9.17) is 5.21 Å². The van der Waals surface area contributed by atoms with E-state index in [1.54, 1.807) is 24.3 Å². The third-order valence-corrected chi connectivity index (χ3v) is 5.80. The maximum absolute atomic E-state index is 12.9. The molecular weight excluding hydrogens is 420 g/mol. The van der Waals surface area contributed by atoms with Crippen molar-refractivity contribution in [3.63, 3.8) is 0 Å². The van der Waals surface area contributed by atoms with E-state index < -0.39 is 23.3 Å². The SMILES string of the molecule is CNC(=O)[C@@](C)(C(=O)NO)N(C)C(=O)c1ccc(C#Cc2ccc(CNC3CC3)cc2)cc1. The molecule has 8 nitrogen and oxygen atoms in total. The lowest BCUT2D eigenvalue weighted by Gasteiger charge is -2.34. The predicted molar refractivity (Wildman–Crippen MR) is 123 cm³/mol. The van der Waals surface area contributed by atoms with Crippen LogP contribution in [0.4, 0.5) is 0 Å². The Kier molecular flexibility index (Phi) is 7.48. The molecule has 33 heavy (non-hydrogen) atoms. The number of benzene rings is 2. The predicted octanol–water partition coefficient (Wildman–Crippen LogP) is 1.42. The third-order valence-electron chi connectivity index (χ3n) is 5.80. The molecule has 1 aliphatic rings. The molecule has 0 saturated heterocycles. The smallest absolute Gasteiger partial charge is 0.278 e. The molecule has 4 N–H and O–H groups in total. The second-order valence-corrected chi connectivity index (χ2v) is 8.14. The zero-order valence-corrected chi connectivity index (χ0v) is 18.9. The van der Waals surface area contributed by atoms with E-state index in [1.165, 1.54) is 44.9 Å². The van der Waals surface area contributed by atoms with Crippen LogP contribution in [0.25, 0.3) is 0 Å². The van der Waals surface area contributed by atoms with Crippen molar-refractivity contribution in [2.24, 2.45) is 0 Å². The molecule has 172 valence electrons.